The van der Waals surface area contributed by atoms with Gasteiger partial charge >= 0.3 is 0 Å². The molecule has 1 amide bonds. The molecule has 4 rings (SSSR count). The third-order valence-corrected chi connectivity index (χ3v) is 7.75. The quantitative estimate of drug-likeness (QED) is 0.232. The molecule has 3 aromatic carbocycles. The second-order valence-corrected chi connectivity index (χ2v) is 10.7. The van der Waals surface area contributed by atoms with E-state index in [1.165, 1.54) is 22.9 Å². The van der Waals surface area contributed by atoms with Crippen LogP contribution in [0.1, 0.15) is 57.7 Å². The smallest absolute Gasteiger partial charge is 0.271 e. The van der Waals surface area contributed by atoms with Crippen molar-refractivity contribution in [2.75, 3.05) is 11.5 Å². The van der Waals surface area contributed by atoms with Crippen molar-refractivity contribution in [2.24, 2.45) is 4.99 Å². The summed E-state index contributed by atoms with van der Waals surface area (Å²) < 4.78 is 11.9. The number of carbonyl (C=O) groups is 1. The van der Waals surface area contributed by atoms with Crippen molar-refractivity contribution in [1.82, 2.24) is 0 Å². The first-order valence-corrected chi connectivity index (χ1v) is 14.7. The lowest BCUT2D eigenvalue weighted by atomic mass is 10.1. The van der Waals surface area contributed by atoms with E-state index in [0.29, 0.717) is 33.2 Å². The Bertz CT molecular complexity index is 1370. The van der Waals surface area contributed by atoms with E-state index in [-0.39, 0.29) is 12.0 Å². The van der Waals surface area contributed by atoms with Gasteiger partial charge in [-0.15, -0.1) is 0 Å². The van der Waals surface area contributed by atoms with Gasteiger partial charge in [0.25, 0.3) is 5.91 Å². The zero-order chi connectivity index (χ0) is 27.9. The summed E-state index contributed by atoms with van der Waals surface area (Å²) in [6, 6.07) is 19.8. The van der Waals surface area contributed by atoms with E-state index in [2.05, 4.69) is 32.9 Å². The molecule has 1 heterocycles. The minimum Gasteiger partial charge on any atom is -0.490 e. The minimum atomic E-state index is -0.137. The Morgan fingerprint density at radius 1 is 0.974 bits per heavy atom. The van der Waals surface area contributed by atoms with E-state index in [1.54, 1.807) is 4.90 Å². The van der Waals surface area contributed by atoms with Crippen LogP contribution in [0.4, 0.5) is 11.4 Å². The summed E-state index contributed by atoms with van der Waals surface area (Å²) in [5.41, 5.74) is 4.78. The second kappa shape index (κ2) is 13.2. The fourth-order valence-corrected chi connectivity index (χ4v) is 5.32. The molecule has 0 unspecified atom stereocenters. The van der Waals surface area contributed by atoms with Crippen LogP contribution in [0.5, 0.6) is 11.5 Å². The first-order valence-electron chi connectivity index (χ1n) is 13.5. The van der Waals surface area contributed by atoms with Crippen LogP contribution in [-0.4, -0.2) is 23.8 Å². The van der Waals surface area contributed by atoms with E-state index in [0.717, 1.165) is 36.2 Å². The van der Waals surface area contributed by atoms with Gasteiger partial charge in [0.15, 0.2) is 16.7 Å². The predicted octanol–water partition coefficient (Wildman–Crippen LogP) is 8.85. The number of ether oxygens (including phenoxy) is 2. The molecular formula is C32H35ClN2O3S. The van der Waals surface area contributed by atoms with Crippen molar-refractivity contribution >= 4 is 51.9 Å². The van der Waals surface area contributed by atoms with Gasteiger partial charge in [0.1, 0.15) is 0 Å². The standard InChI is InChI=1S/C32H35ClN2O3S/c1-6-21(5)38-30-27(33)18-24(19-28(30)37-9-4)20-29-31(36)35(26-16-12-23(8-3)13-17-26)32(39-29)34-25-14-10-22(7-2)11-15-25/h10-21H,6-9H2,1-5H3/b29-20-,34-32?/t21-/m1/s1. The molecule has 3 aromatic rings. The average Bonchev–Trinajstić information content (AvgIpc) is 3.24. The highest BCUT2D eigenvalue weighted by Crippen LogP contribution is 2.41. The number of aryl methyl sites for hydroxylation is 2. The largest absolute Gasteiger partial charge is 0.490 e. The molecule has 1 aliphatic rings. The Hall–Kier alpha value is -3.22. The number of rotatable bonds is 10. The number of halogens is 1. The molecule has 7 heteroatoms. The molecule has 1 atom stereocenters. The number of anilines is 1. The van der Waals surface area contributed by atoms with E-state index < -0.39 is 0 Å². The SMILES string of the molecule is CCOc1cc(/C=C2\SC(=Nc3ccc(CC)cc3)N(c3ccc(CC)cc3)C2=O)cc(Cl)c1O[C@H](C)CC. The minimum absolute atomic E-state index is 0.00399. The summed E-state index contributed by atoms with van der Waals surface area (Å²) in [6.07, 6.45) is 4.57. The fourth-order valence-electron chi connectivity index (χ4n) is 4.06. The third-order valence-electron chi connectivity index (χ3n) is 6.50. The second-order valence-electron chi connectivity index (χ2n) is 9.29. The van der Waals surface area contributed by atoms with Crippen molar-refractivity contribution in [2.45, 2.75) is 60.0 Å². The van der Waals surface area contributed by atoms with Crippen LogP contribution in [0.15, 0.2) is 70.6 Å². The Balaban J connectivity index is 1.74. The number of aliphatic imine (C=N–C) groups is 1. The molecule has 1 saturated heterocycles. The van der Waals surface area contributed by atoms with Gasteiger partial charge in [0, 0.05) is 0 Å². The molecule has 1 aliphatic heterocycles. The van der Waals surface area contributed by atoms with Crippen molar-refractivity contribution in [1.29, 1.82) is 0 Å². The molecule has 204 valence electrons. The van der Waals surface area contributed by atoms with Crippen LogP contribution < -0.4 is 14.4 Å². The van der Waals surface area contributed by atoms with Crippen LogP contribution in [-0.2, 0) is 17.6 Å². The van der Waals surface area contributed by atoms with Gasteiger partial charge < -0.3 is 9.47 Å². The van der Waals surface area contributed by atoms with Crippen LogP contribution >= 0.6 is 23.4 Å². The number of nitrogens with zero attached hydrogens (tertiary/aromatic N) is 2. The topological polar surface area (TPSA) is 51.1 Å². The maximum atomic E-state index is 13.8. The molecule has 0 bridgehead atoms. The van der Waals surface area contributed by atoms with Crippen LogP contribution in [0.25, 0.3) is 6.08 Å². The van der Waals surface area contributed by atoms with Gasteiger partial charge in [-0.3, -0.25) is 9.69 Å². The van der Waals surface area contributed by atoms with E-state index in [4.69, 9.17) is 26.1 Å². The Kier molecular flexibility index (Phi) is 9.76. The predicted molar refractivity (Wildman–Crippen MR) is 165 cm³/mol. The maximum absolute atomic E-state index is 13.8. The van der Waals surface area contributed by atoms with Crippen LogP contribution in [0.2, 0.25) is 5.02 Å². The summed E-state index contributed by atoms with van der Waals surface area (Å²) in [7, 11) is 0. The monoisotopic (exact) mass is 562 g/mol. The molecule has 0 saturated carbocycles. The highest BCUT2D eigenvalue weighted by Gasteiger charge is 2.35. The Morgan fingerprint density at radius 2 is 1.62 bits per heavy atom. The van der Waals surface area contributed by atoms with Gasteiger partial charge in [0.2, 0.25) is 0 Å². The summed E-state index contributed by atoms with van der Waals surface area (Å²) >= 11 is 7.99. The zero-order valence-electron chi connectivity index (χ0n) is 23.2. The van der Waals surface area contributed by atoms with Gasteiger partial charge in [-0.2, -0.15) is 0 Å². The number of hydrogen-bond donors (Lipinski definition) is 0. The normalized spacial score (nSPS) is 16.3. The molecule has 0 aliphatic carbocycles. The van der Waals surface area contributed by atoms with E-state index in [1.807, 2.05) is 68.5 Å². The van der Waals surface area contributed by atoms with E-state index in [9.17, 15) is 4.79 Å². The van der Waals surface area contributed by atoms with Crippen molar-refractivity contribution < 1.29 is 14.3 Å². The first-order chi connectivity index (χ1) is 18.9. The summed E-state index contributed by atoms with van der Waals surface area (Å²) in [6.45, 7) is 10.7. The number of amidine groups is 1. The fraction of sp³-hybridized carbons (Fsp3) is 0.312. The molecular weight excluding hydrogens is 528 g/mol. The van der Waals surface area contributed by atoms with Crippen LogP contribution in [0, 0.1) is 0 Å². The van der Waals surface area contributed by atoms with Gasteiger partial charge in [-0.05, 0) is 104 Å². The Labute approximate surface area is 240 Å². The molecule has 0 aromatic heterocycles. The number of benzene rings is 3. The molecule has 0 N–H and O–H groups in total. The lowest BCUT2D eigenvalue weighted by Crippen LogP contribution is -2.28. The molecule has 0 radical (unpaired) electrons. The summed E-state index contributed by atoms with van der Waals surface area (Å²) in [5, 5.41) is 1.05. The lowest BCUT2D eigenvalue weighted by molar-refractivity contribution is -0.113. The summed E-state index contributed by atoms with van der Waals surface area (Å²) in [5.74, 6) is 0.947. The van der Waals surface area contributed by atoms with Gasteiger partial charge in [-0.25, -0.2) is 4.99 Å². The number of amides is 1. The Morgan fingerprint density at radius 3 is 2.21 bits per heavy atom. The molecule has 0 spiro atoms. The van der Waals surface area contributed by atoms with Crippen molar-refractivity contribution in [3.8, 4) is 11.5 Å². The first kappa shape index (κ1) is 28.8. The molecule has 39 heavy (non-hydrogen) atoms. The zero-order valence-corrected chi connectivity index (χ0v) is 24.7. The van der Waals surface area contributed by atoms with Crippen molar-refractivity contribution in [3.63, 3.8) is 0 Å². The molecule has 5 nitrogen and oxygen atoms in total. The highest BCUT2D eigenvalue weighted by atomic mass is 35.5. The lowest BCUT2D eigenvalue weighted by Gasteiger charge is -2.18. The highest BCUT2D eigenvalue weighted by molar-refractivity contribution is 8.19. The summed E-state index contributed by atoms with van der Waals surface area (Å²) in [4.78, 5) is 20.9. The van der Waals surface area contributed by atoms with Crippen LogP contribution in [0.3, 0.4) is 0 Å². The van der Waals surface area contributed by atoms with Crippen molar-refractivity contribution in [3.05, 3.63) is 87.3 Å². The number of carbonyl (C=O) groups excluding carboxylic acids is 1. The average molecular weight is 563 g/mol. The number of thioether (sulfide) groups is 1. The van der Waals surface area contributed by atoms with Gasteiger partial charge in [-0.1, -0.05) is 56.6 Å². The maximum Gasteiger partial charge on any atom is 0.271 e. The molecule has 1 fully saturated rings. The number of hydrogen-bond acceptors (Lipinski definition) is 5. The third kappa shape index (κ3) is 6.87. The van der Waals surface area contributed by atoms with E-state index >= 15 is 0 Å². The van der Waals surface area contributed by atoms with Gasteiger partial charge in [0.05, 0.1) is 34.0 Å².